The molecule has 2 atom stereocenters. The first-order valence-electron chi connectivity index (χ1n) is 7.39. The zero-order chi connectivity index (χ0) is 13.7. The lowest BCUT2D eigenvalue weighted by Crippen LogP contribution is -2.38. The summed E-state index contributed by atoms with van der Waals surface area (Å²) in [5.41, 5.74) is 8.19. The first-order valence-corrected chi connectivity index (χ1v) is 7.77. The number of piperidine rings is 1. The van der Waals surface area contributed by atoms with Gasteiger partial charge >= 0.3 is 0 Å². The van der Waals surface area contributed by atoms with Crippen molar-refractivity contribution in [2.24, 2.45) is 0 Å². The van der Waals surface area contributed by atoms with Crippen LogP contribution in [0.4, 0.5) is 5.95 Å². The van der Waals surface area contributed by atoms with E-state index in [-0.39, 0.29) is 0 Å². The van der Waals surface area contributed by atoms with E-state index in [0.717, 1.165) is 23.5 Å². The van der Waals surface area contributed by atoms with Gasteiger partial charge in [-0.05, 0) is 50.4 Å². The average Bonchev–Trinajstić information content (AvgIpc) is 3.00. The number of imidazole rings is 1. The molecule has 20 heavy (non-hydrogen) atoms. The molecule has 106 valence electrons. The quantitative estimate of drug-likeness (QED) is 0.878. The van der Waals surface area contributed by atoms with Crippen molar-refractivity contribution < 1.29 is 0 Å². The highest BCUT2D eigenvalue weighted by atomic mass is 35.5. The summed E-state index contributed by atoms with van der Waals surface area (Å²) in [4.78, 5) is 7.10. The monoisotopic (exact) mass is 290 g/mol. The van der Waals surface area contributed by atoms with E-state index in [1.807, 2.05) is 18.2 Å². The Balaban J connectivity index is 1.72. The number of hydrogen-bond acceptors (Lipinski definition) is 3. The second-order valence-corrected chi connectivity index (χ2v) is 6.42. The number of aromatic nitrogens is 2. The number of rotatable bonds is 1. The molecule has 2 aliphatic heterocycles. The number of hydrogen-bond donors (Lipinski definition) is 1. The molecule has 2 saturated heterocycles. The van der Waals surface area contributed by atoms with Crippen LogP contribution in [-0.2, 0) is 0 Å². The van der Waals surface area contributed by atoms with E-state index in [4.69, 9.17) is 17.3 Å². The van der Waals surface area contributed by atoms with Gasteiger partial charge in [-0.25, -0.2) is 4.98 Å². The molecule has 1 aromatic heterocycles. The van der Waals surface area contributed by atoms with E-state index in [0.29, 0.717) is 17.0 Å². The highest BCUT2D eigenvalue weighted by Gasteiger charge is 2.33. The Bertz CT molecular complexity index is 651. The van der Waals surface area contributed by atoms with Gasteiger partial charge in [-0.3, -0.25) is 0 Å². The minimum absolute atomic E-state index is 0.473. The number of anilines is 1. The number of nitrogens with two attached hydrogens (primary N) is 1. The number of nitrogen functional groups attached to an aromatic ring is 1. The first-order chi connectivity index (χ1) is 9.72. The number of fused-ring (bicyclic) bond motifs is 2. The second-order valence-electron chi connectivity index (χ2n) is 5.98. The lowest BCUT2D eigenvalue weighted by molar-refractivity contribution is 0.158. The number of nitrogens with zero attached hydrogens (tertiary/aromatic N) is 3. The summed E-state index contributed by atoms with van der Waals surface area (Å²) < 4.78 is 2.22. The standard InChI is InChI=1S/C15H19ClN4/c16-10-3-4-14-13(8-10)18-15(17)20(14)12-5-7-19-6-1-2-11(19)9-12/h3-4,8,11-12H,1-2,5-7,9H2,(H2,17,18). The molecule has 3 heterocycles. The van der Waals surface area contributed by atoms with Gasteiger partial charge in [0.05, 0.1) is 11.0 Å². The van der Waals surface area contributed by atoms with Gasteiger partial charge in [-0.15, -0.1) is 0 Å². The molecule has 2 unspecified atom stereocenters. The molecule has 0 saturated carbocycles. The third-order valence-electron chi connectivity index (χ3n) is 4.84. The third-order valence-corrected chi connectivity index (χ3v) is 5.07. The van der Waals surface area contributed by atoms with Crippen LogP contribution in [0.2, 0.25) is 5.02 Å². The average molecular weight is 291 g/mol. The molecule has 2 aromatic rings. The zero-order valence-electron chi connectivity index (χ0n) is 11.4. The fourth-order valence-corrected chi connectivity index (χ4v) is 4.08. The van der Waals surface area contributed by atoms with Crippen molar-refractivity contribution in [2.75, 3.05) is 18.8 Å². The molecule has 2 fully saturated rings. The van der Waals surface area contributed by atoms with Gasteiger partial charge in [0.2, 0.25) is 5.95 Å². The van der Waals surface area contributed by atoms with Crippen LogP contribution in [0.5, 0.6) is 0 Å². The Kier molecular flexibility index (Phi) is 2.89. The van der Waals surface area contributed by atoms with Gasteiger partial charge in [0.15, 0.2) is 0 Å². The molecule has 5 heteroatoms. The molecule has 0 amide bonds. The predicted molar refractivity (Wildman–Crippen MR) is 82.0 cm³/mol. The van der Waals surface area contributed by atoms with Crippen LogP contribution in [-0.4, -0.2) is 33.6 Å². The molecular formula is C15H19ClN4. The Morgan fingerprint density at radius 3 is 3.00 bits per heavy atom. The summed E-state index contributed by atoms with van der Waals surface area (Å²) in [5, 5.41) is 0.716. The van der Waals surface area contributed by atoms with Gasteiger partial charge in [0, 0.05) is 23.7 Å². The maximum absolute atomic E-state index is 6.17. The Labute approximate surface area is 123 Å². The first kappa shape index (κ1) is 12.5. The topological polar surface area (TPSA) is 47.1 Å². The van der Waals surface area contributed by atoms with E-state index in [9.17, 15) is 0 Å². The molecule has 0 radical (unpaired) electrons. The van der Waals surface area contributed by atoms with Gasteiger partial charge < -0.3 is 15.2 Å². The normalized spacial score (nSPS) is 27.1. The summed E-state index contributed by atoms with van der Waals surface area (Å²) in [6.45, 7) is 2.45. The minimum atomic E-state index is 0.473. The predicted octanol–water partition coefficient (Wildman–Crippen LogP) is 3.07. The molecule has 0 spiro atoms. The minimum Gasteiger partial charge on any atom is -0.369 e. The zero-order valence-corrected chi connectivity index (χ0v) is 12.2. The Morgan fingerprint density at radius 1 is 1.20 bits per heavy atom. The van der Waals surface area contributed by atoms with Gasteiger partial charge in [-0.2, -0.15) is 0 Å². The van der Waals surface area contributed by atoms with Crippen LogP contribution >= 0.6 is 11.6 Å². The van der Waals surface area contributed by atoms with Crippen LogP contribution in [0.3, 0.4) is 0 Å². The van der Waals surface area contributed by atoms with E-state index < -0.39 is 0 Å². The lowest BCUT2D eigenvalue weighted by Gasteiger charge is -2.35. The van der Waals surface area contributed by atoms with E-state index in [2.05, 4.69) is 14.5 Å². The Morgan fingerprint density at radius 2 is 2.10 bits per heavy atom. The van der Waals surface area contributed by atoms with Crippen LogP contribution in [0.1, 0.15) is 31.7 Å². The summed E-state index contributed by atoms with van der Waals surface area (Å²) in [7, 11) is 0. The second kappa shape index (κ2) is 4.64. The highest BCUT2D eigenvalue weighted by Crippen LogP contribution is 2.36. The number of benzene rings is 1. The van der Waals surface area contributed by atoms with Crippen LogP contribution < -0.4 is 5.73 Å². The Hall–Kier alpha value is -1.26. The van der Waals surface area contributed by atoms with E-state index >= 15 is 0 Å². The summed E-state index contributed by atoms with van der Waals surface area (Å²) in [6.07, 6.45) is 5.02. The SMILES string of the molecule is Nc1nc2cc(Cl)ccc2n1C1CCN2CCCC2C1. The molecule has 0 aliphatic carbocycles. The van der Waals surface area contributed by atoms with Crippen molar-refractivity contribution in [3.8, 4) is 0 Å². The van der Waals surface area contributed by atoms with Crippen molar-refractivity contribution in [3.63, 3.8) is 0 Å². The van der Waals surface area contributed by atoms with Crippen molar-refractivity contribution in [3.05, 3.63) is 23.2 Å². The fourth-order valence-electron chi connectivity index (χ4n) is 3.91. The van der Waals surface area contributed by atoms with Crippen molar-refractivity contribution in [1.82, 2.24) is 14.5 Å². The summed E-state index contributed by atoms with van der Waals surface area (Å²) >= 11 is 6.04. The maximum Gasteiger partial charge on any atom is 0.201 e. The van der Waals surface area contributed by atoms with Gasteiger partial charge in [0.1, 0.15) is 0 Å². The van der Waals surface area contributed by atoms with Gasteiger partial charge in [0.25, 0.3) is 0 Å². The van der Waals surface area contributed by atoms with E-state index in [1.165, 1.54) is 32.4 Å². The molecule has 4 nitrogen and oxygen atoms in total. The summed E-state index contributed by atoms with van der Waals surface area (Å²) in [5.74, 6) is 0.624. The van der Waals surface area contributed by atoms with Crippen LogP contribution in [0, 0.1) is 0 Å². The molecule has 0 bridgehead atoms. The van der Waals surface area contributed by atoms with Gasteiger partial charge in [-0.1, -0.05) is 11.6 Å². The van der Waals surface area contributed by atoms with Crippen LogP contribution in [0.15, 0.2) is 18.2 Å². The molecular weight excluding hydrogens is 272 g/mol. The van der Waals surface area contributed by atoms with E-state index in [1.54, 1.807) is 0 Å². The summed E-state index contributed by atoms with van der Waals surface area (Å²) in [6, 6.07) is 7.07. The third kappa shape index (κ3) is 1.90. The van der Waals surface area contributed by atoms with Crippen molar-refractivity contribution in [2.45, 2.75) is 37.8 Å². The maximum atomic E-state index is 6.17. The molecule has 1 aromatic carbocycles. The van der Waals surface area contributed by atoms with Crippen molar-refractivity contribution in [1.29, 1.82) is 0 Å². The largest absolute Gasteiger partial charge is 0.369 e. The lowest BCUT2D eigenvalue weighted by atomic mass is 9.97. The smallest absolute Gasteiger partial charge is 0.201 e. The fraction of sp³-hybridized carbons (Fsp3) is 0.533. The molecule has 4 rings (SSSR count). The highest BCUT2D eigenvalue weighted by molar-refractivity contribution is 6.31. The molecule has 2 N–H and O–H groups in total. The molecule has 2 aliphatic rings. The number of halogens is 1. The van der Waals surface area contributed by atoms with Crippen LogP contribution in [0.25, 0.3) is 11.0 Å². The van der Waals surface area contributed by atoms with Crippen molar-refractivity contribution >= 4 is 28.6 Å².